The van der Waals surface area contributed by atoms with Gasteiger partial charge >= 0.3 is 24.0 Å². The average Bonchev–Trinajstić information content (AvgIpc) is 2.86. The highest BCUT2D eigenvalue weighted by Gasteiger charge is 2.37. The minimum atomic E-state index is -4.70. The maximum atomic E-state index is 13.6. The first-order chi connectivity index (χ1) is 19.8. The number of hydrogen-bond donors (Lipinski definition) is 3. The van der Waals surface area contributed by atoms with Crippen LogP contribution in [0.1, 0.15) is 52.7 Å². The lowest BCUT2D eigenvalue weighted by molar-refractivity contribution is -0.139. The van der Waals surface area contributed by atoms with Crippen molar-refractivity contribution >= 4 is 23.8 Å². The van der Waals surface area contributed by atoms with Crippen molar-refractivity contribution in [3.63, 3.8) is 0 Å². The largest absolute Gasteiger partial charge is 0.444 e. The van der Waals surface area contributed by atoms with Crippen LogP contribution in [0, 0.1) is 0 Å². The van der Waals surface area contributed by atoms with E-state index in [9.17, 15) is 37.5 Å². The maximum absolute atomic E-state index is 13.6. The van der Waals surface area contributed by atoms with E-state index < -0.39 is 46.8 Å². The van der Waals surface area contributed by atoms with Crippen molar-refractivity contribution in [2.24, 2.45) is 0 Å². The molecule has 0 bridgehead atoms. The zero-order valence-corrected chi connectivity index (χ0v) is 24.9. The van der Waals surface area contributed by atoms with Gasteiger partial charge in [-0.3, -0.25) is 14.7 Å². The average molecular weight is 611 g/mol. The molecule has 1 aromatic carbocycles. The van der Waals surface area contributed by atoms with Crippen LogP contribution in [0.15, 0.2) is 35.3 Å². The van der Waals surface area contributed by atoms with Crippen LogP contribution in [0.2, 0.25) is 0 Å². The number of ether oxygens (including phenoxy) is 1. The quantitative estimate of drug-likeness (QED) is 0.456. The van der Waals surface area contributed by atoms with Crippen molar-refractivity contribution in [1.82, 2.24) is 24.7 Å². The van der Waals surface area contributed by atoms with Gasteiger partial charge in [0.2, 0.25) is 5.91 Å². The van der Waals surface area contributed by atoms with E-state index in [2.05, 4.69) is 15.6 Å². The van der Waals surface area contributed by atoms with E-state index in [1.165, 1.54) is 41.1 Å². The molecule has 0 radical (unpaired) electrons. The number of nitrogens with zero attached hydrogens (tertiary/aromatic N) is 4. The Hall–Kier alpha value is -4.14. The molecule has 1 fully saturated rings. The summed E-state index contributed by atoms with van der Waals surface area (Å²) >= 11 is 0. The number of amides is 4. The third-order valence-corrected chi connectivity index (χ3v) is 6.43. The number of carbonyl (C=O) groups is 3. The number of alkyl halides is 3. The summed E-state index contributed by atoms with van der Waals surface area (Å²) in [7, 11) is 0. The molecule has 4 amide bonds. The molecule has 3 N–H and O–H groups in total. The Bertz CT molecular complexity index is 1410. The molecule has 1 saturated heterocycles. The monoisotopic (exact) mass is 610 g/mol. The molecule has 2 aromatic rings. The first-order valence-electron chi connectivity index (χ1n) is 13.6. The Morgan fingerprint density at radius 3 is 2.16 bits per heavy atom. The number of piperazine rings is 1. The number of aliphatic hydroxyl groups is 1. The highest BCUT2D eigenvalue weighted by molar-refractivity contribution is 5.90. The third kappa shape index (κ3) is 8.92. The van der Waals surface area contributed by atoms with Gasteiger partial charge in [-0.15, -0.1) is 0 Å². The fraction of sp³-hybridized carbons (Fsp3) is 0.536. The molecule has 12 nitrogen and oxygen atoms in total. The number of rotatable bonds is 6. The minimum Gasteiger partial charge on any atom is -0.444 e. The molecule has 1 aromatic heterocycles. The van der Waals surface area contributed by atoms with Gasteiger partial charge in [0.05, 0.1) is 17.4 Å². The molecule has 1 aliphatic rings. The number of alkyl carbamates (subject to hydrolysis) is 1. The highest BCUT2D eigenvalue weighted by atomic mass is 19.4. The predicted octanol–water partition coefficient (Wildman–Crippen LogP) is 3.15. The first-order valence-corrected chi connectivity index (χ1v) is 13.6. The zero-order valence-electron chi connectivity index (χ0n) is 24.9. The van der Waals surface area contributed by atoms with Gasteiger partial charge in [-0.05, 0) is 71.7 Å². The molecule has 43 heavy (non-hydrogen) atoms. The van der Waals surface area contributed by atoms with Gasteiger partial charge in [-0.2, -0.15) is 18.2 Å². The summed E-state index contributed by atoms with van der Waals surface area (Å²) in [5.74, 6) is -0.453. The standard InChI is InChI=1S/C28H37F3N6O6/c1-17(38)15-18-7-8-19(16-20(18)28(29,30)31)37-10-9-21(33-24(37)41)32-23(40)36-13-11-35(12-14-36)22(39)27(5,6)34-25(42)43-26(2,3)4/h7-10,16-17,38H,11-15H2,1-6H3,(H,34,42)(H,32,33,40,41). The molecule has 236 valence electrons. The summed E-state index contributed by atoms with van der Waals surface area (Å²) < 4.78 is 47.0. The molecule has 1 unspecified atom stereocenters. The van der Waals surface area contributed by atoms with Crippen LogP contribution in [-0.2, 0) is 22.1 Å². The first kappa shape index (κ1) is 33.4. The van der Waals surface area contributed by atoms with Gasteiger partial charge in [0.15, 0.2) is 0 Å². The van der Waals surface area contributed by atoms with E-state index in [0.717, 1.165) is 10.6 Å². The summed E-state index contributed by atoms with van der Waals surface area (Å²) in [6, 6.07) is 4.03. The van der Waals surface area contributed by atoms with Crippen LogP contribution >= 0.6 is 0 Å². The second-order valence-electron chi connectivity index (χ2n) is 11.8. The molecule has 1 aliphatic heterocycles. The van der Waals surface area contributed by atoms with E-state index >= 15 is 0 Å². The van der Waals surface area contributed by atoms with Crippen LogP contribution in [0.25, 0.3) is 5.69 Å². The zero-order chi connectivity index (χ0) is 32.3. The summed E-state index contributed by atoms with van der Waals surface area (Å²) in [4.78, 5) is 57.4. The van der Waals surface area contributed by atoms with Crippen LogP contribution in [0.5, 0.6) is 0 Å². The summed E-state index contributed by atoms with van der Waals surface area (Å²) in [6.07, 6.45) is -5.44. The fourth-order valence-corrected chi connectivity index (χ4v) is 4.45. The number of carbonyl (C=O) groups excluding carboxylic acids is 3. The van der Waals surface area contributed by atoms with E-state index in [0.29, 0.717) is 0 Å². The Morgan fingerprint density at radius 2 is 1.63 bits per heavy atom. The topological polar surface area (TPSA) is 146 Å². The number of halogens is 3. The number of hydrogen-bond acceptors (Lipinski definition) is 7. The van der Waals surface area contributed by atoms with Gasteiger partial charge in [0.25, 0.3) is 0 Å². The Kier molecular flexibility index (Phi) is 9.79. The van der Waals surface area contributed by atoms with Crippen molar-refractivity contribution in [2.75, 3.05) is 31.5 Å². The van der Waals surface area contributed by atoms with Crippen molar-refractivity contribution in [3.8, 4) is 5.69 Å². The molecule has 0 aliphatic carbocycles. The van der Waals surface area contributed by atoms with Gasteiger partial charge in [-0.1, -0.05) is 6.07 Å². The van der Waals surface area contributed by atoms with Crippen molar-refractivity contribution in [3.05, 3.63) is 52.1 Å². The molecule has 2 heterocycles. The lowest BCUT2D eigenvalue weighted by Gasteiger charge is -2.38. The van der Waals surface area contributed by atoms with Crippen molar-refractivity contribution < 1.29 is 37.4 Å². The second kappa shape index (κ2) is 12.6. The van der Waals surface area contributed by atoms with E-state index in [-0.39, 0.29) is 55.6 Å². The minimum absolute atomic E-state index is 0.0816. The Balaban J connectivity index is 1.63. The fourth-order valence-electron chi connectivity index (χ4n) is 4.45. The smallest absolute Gasteiger partial charge is 0.416 e. The van der Waals surface area contributed by atoms with Gasteiger partial charge in [-0.25, -0.2) is 14.4 Å². The van der Waals surface area contributed by atoms with Crippen molar-refractivity contribution in [2.45, 2.75) is 71.4 Å². The molecule has 3 rings (SSSR count). The molecular weight excluding hydrogens is 573 g/mol. The summed E-state index contributed by atoms with van der Waals surface area (Å²) in [5.41, 5.74) is -4.06. The van der Waals surface area contributed by atoms with Crippen LogP contribution in [-0.4, -0.2) is 85.9 Å². The number of anilines is 1. The summed E-state index contributed by atoms with van der Waals surface area (Å²) in [6.45, 7) is 10.3. The van der Waals surface area contributed by atoms with E-state index in [4.69, 9.17) is 4.74 Å². The Labute approximate surface area is 246 Å². The maximum Gasteiger partial charge on any atom is 0.416 e. The SMILES string of the molecule is CC(O)Cc1ccc(-n2ccc(NC(=O)N3CCN(C(=O)C(C)(C)NC(=O)OC(C)(C)C)CC3)nc2=O)cc1C(F)(F)F. The number of nitrogens with one attached hydrogen (secondary N) is 2. The third-order valence-electron chi connectivity index (χ3n) is 6.43. The lowest BCUT2D eigenvalue weighted by Crippen LogP contribution is -2.60. The lowest BCUT2D eigenvalue weighted by atomic mass is 10.0. The van der Waals surface area contributed by atoms with E-state index in [1.807, 2.05) is 0 Å². The summed E-state index contributed by atoms with van der Waals surface area (Å²) in [5, 5.41) is 14.6. The van der Waals surface area contributed by atoms with Crippen molar-refractivity contribution in [1.29, 1.82) is 0 Å². The molecule has 0 saturated carbocycles. The number of aromatic nitrogens is 2. The highest BCUT2D eigenvalue weighted by Crippen LogP contribution is 2.34. The molecule has 15 heteroatoms. The van der Waals surface area contributed by atoms with Crippen LogP contribution < -0.4 is 16.3 Å². The van der Waals surface area contributed by atoms with E-state index in [1.54, 1.807) is 34.6 Å². The van der Waals surface area contributed by atoms with Crippen LogP contribution in [0.3, 0.4) is 0 Å². The second-order valence-corrected chi connectivity index (χ2v) is 11.8. The predicted molar refractivity (Wildman–Crippen MR) is 151 cm³/mol. The normalized spacial score (nSPS) is 15.1. The number of aliphatic hydroxyl groups excluding tert-OH is 1. The molecule has 0 spiro atoms. The van der Waals surface area contributed by atoms with Gasteiger partial charge < -0.3 is 25.0 Å². The number of urea groups is 1. The Morgan fingerprint density at radius 1 is 1.02 bits per heavy atom. The van der Waals surface area contributed by atoms with Gasteiger partial charge in [0, 0.05) is 32.4 Å². The number of benzene rings is 1. The van der Waals surface area contributed by atoms with Gasteiger partial charge in [0.1, 0.15) is 17.0 Å². The molecule has 1 atom stereocenters. The van der Waals surface area contributed by atoms with Crippen LogP contribution in [0.4, 0.5) is 28.6 Å². The molecular formula is C28H37F3N6O6.